The molecule has 1 saturated heterocycles. The molecule has 1 aliphatic rings. The Morgan fingerprint density at radius 1 is 1.05 bits per heavy atom. The Kier molecular flexibility index (Phi) is 11.0. The average Bonchev–Trinajstić information content (AvgIpc) is 3.27. The van der Waals surface area contributed by atoms with Gasteiger partial charge in [0, 0.05) is 71.0 Å². The number of nitrogens with zero attached hydrogens (tertiary/aromatic N) is 3. The predicted octanol–water partition coefficient (Wildman–Crippen LogP) is 2.34. The van der Waals surface area contributed by atoms with Crippen molar-refractivity contribution in [2.75, 3.05) is 58.8 Å². The molecule has 0 unspecified atom stereocenters. The molecule has 0 bridgehead atoms. The molecule has 4 rings (SSSR count). The molecule has 1 aromatic heterocycles. The van der Waals surface area contributed by atoms with Gasteiger partial charge in [0.05, 0.1) is 23.7 Å². The van der Waals surface area contributed by atoms with E-state index in [-0.39, 0.29) is 36.4 Å². The molecule has 1 amide bonds. The van der Waals surface area contributed by atoms with Crippen molar-refractivity contribution < 1.29 is 22.7 Å². The maximum atomic E-state index is 14.2. The fourth-order valence-electron chi connectivity index (χ4n) is 5.01. The number of amides is 1. The second-order valence-corrected chi connectivity index (χ2v) is 12.5. The number of imidazole rings is 1. The lowest BCUT2D eigenvalue weighted by molar-refractivity contribution is 0.0725. The van der Waals surface area contributed by atoms with Crippen molar-refractivity contribution in [3.05, 3.63) is 70.8 Å². The molecule has 0 radical (unpaired) electrons. The Morgan fingerprint density at radius 2 is 1.79 bits per heavy atom. The lowest BCUT2D eigenvalue weighted by Crippen LogP contribution is -2.47. The molecular formula is C30H41N5O6S. The summed E-state index contributed by atoms with van der Waals surface area (Å²) in [6.07, 6.45) is 0.711. The van der Waals surface area contributed by atoms with Crippen LogP contribution in [0.5, 0.6) is 5.75 Å². The van der Waals surface area contributed by atoms with Crippen LogP contribution in [-0.2, 0) is 21.3 Å². The van der Waals surface area contributed by atoms with Crippen molar-refractivity contribution in [1.82, 2.24) is 24.1 Å². The second-order valence-electron chi connectivity index (χ2n) is 10.6. The molecular weight excluding hydrogens is 558 g/mol. The van der Waals surface area contributed by atoms with Gasteiger partial charge < -0.3 is 19.7 Å². The highest BCUT2D eigenvalue weighted by Crippen LogP contribution is 2.29. The van der Waals surface area contributed by atoms with Gasteiger partial charge in [-0.1, -0.05) is 50.2 Å². The number of sulfonamides is 1. The molecule has 12 heteroatoms. The van der Waals surface area contributed by atoms with Crippen LogP contribution in [-0.4, -0.2) is 87.2 Å². The van der Waals surface area contributed by atoms with Crippen molar-refractivity contribution in [2.24, 2.45) is 5.92 Å². The Labute approximate surface area is 247 Å². The van der Waals surface area contributed by atoms with Crippen LogP contribution in [0.25, 0.3) is 16.9 Å². The van der Waals surface area contributed by atoms with E-state index in [1.165, 1.54) is 9.13 Å². The van der Waals surface area contributed by atoms with E-state index >= 15 is 0 Å². The van der Waals surface area contributed by atoms with Crippen LogP contribution < -0.4 is 20.5 Å². The Bertz CT molecular complexity index is 1490. The van der Waals surface area contributed by atoms with Crippen LogP contribution in [0.1, 0.15) is 30.8 Å². The summed E-state index contributed by atoms with van der Waals surface area (Å²) in [4.78, 5) is 30.1. The van der Waals surface area contributed by atoms with E-state index in [1.54, 1.807) is 30.2 Å². The number of aromatic nitrogens is 2. The minimum absolute atomic E-state index is 0.0106. The van der Waals surface area contributed by atoms with Crippen molar-refractivity contribution in [2.45, 2.75) is 26.8 Å². The van der Waals surface area contributed by atoms with Crippen LogP contribution in [0.3, 0.4) is 0 Å². The number of rotatable bonds is 14. The zero-order valence-electron chi connectivity index (χ0n) is 24.5. The molecule has 1 fully saturated rings. The van der Waals surface area contributed by atoms with Gasteiger partial charge in [-0.15, -0.1) is 0 Å². The number of hydrogen-bond acceptors (Lipinski definition) is 7. The summed E-state index contributed by atoms with van der Waals surface area (Å²) in [5.41, 5.74) is 1.47. The first-order valence-electron chi connectivity index (χ1n) is 14.3. The monoisotopic (exact) mass is 599 g/mol. The van der Waals surface area contributed by atoms with Crippen molar-refractivity contribution in [1.29, 1.82) is 0 Å². The third kappa shape index (κ3) is 7.88. The number of piperazine rings is 1. The van der Waals surface area contributed by atoms with Crippen molar-refractivity contribution in [3.63, 3.8) is 0 Å². The van der Waals surface area contributed by atoms with Gasteiger partial charge in [-0.3, -0.25) is 13.9 Å². The lowest BCUT2D eigenvalue weighted by atomic mass is 10.1. The van der Waals surface area contributed by atoms with Crippen LogP contribution in [0, 0.1) is 5.92 Å². The SMILES string of the molecule is COCCCOc1cccc(-n2c(-c3ccccc3)c(C(=O)N3CCNCC3)n(CCNS(=O)(=O)CC(C)C)c2=O)c1. The van der Waals surface area contributed by atoms with E-state index in [2.05, 4.69) is 10.0 Å². The van der Waals surface area contributed by atoms with Crippen LogP contribution in [0.2, 0.25) is 0 Å². The van der Waals surface area contributed by atoms with E-state index in [0.29, 0.717) is 68.5 Å². The third-order valence-electron chi connectivity index (χ3n) is 6.84. The average molecular weight is 600 g/mol. The number of carbonyl (C=O) groups is 1. The number of methoxy groups -OCH3 is 1. The van der Waals surface area contributed by atoms with E-state index in [1.807, 2.05) is 50.2 Å². The normalized spacial score (nSPS) is 14.0. The summed E-state index contributed by atoms with van der Waals surface area (Å²) < 4.78 is 41.6. The first-order valence-corrected chi connectivity index (χ1v) is 16.0. The van der Waals surface area contributed by atoms with Crippen molar-refractivity contribution in [3.8, 4) is 22.7 Å². The quantitative estimate of drug-likeness (QED) is 0.273. The number of hydrogen-bond donors (Lipinski definition) is 2. The molecule has 42 heavy (non-hydrogen) atoms. The molecule has 3 aromatic rings. The molecule has 1 aliphatic heterocycles. The van der Waals surface area contributed by atoms with Crippen molar-refractivity contribution >= 4 is 15.9 Å². The molecule has 0 spiro atoms. The predicted molar refractivity (Wildman–Crippen MR) is 163 cm³/mol. The third-order valence-corrected chi connectivity index (χ3v) is 8.59. The zero-order chi connectivity index (χ0) is 30.1. The molecule has 2 N–H and O–H groups in total. The molecule has 228 valence electrons. The van der Waals surface area contributed by atoms with Gasteiger partial charge >= 0.3 is 5.69 Å². The smallest absolute Gasteiger partial charge is 0.333 e. The second kappa shape index (κ2) is 14.6. The van der Waals surface area contributed by atoms with Gasteiger partial charge in [0.25, 0.3) is 5.91 Å². The first kappa shape index (κ1) is 31.5. The number of benzene rings is 2. The number of ether oxygens (including phenoxy) is 2. The summed E-state index contributed by atoms with van der Waals surface area (Å²) in [5.74, 6) is 0.230. The minimum atomic E-state index is -3.55. The van der Waals surface area contributed by atoms with E-state index in [0.717, 1.165) is 0 Å². The van der Waals surface area contributed by atoms with Gasteiger partial charge in [0.2, 0.25) is 10.0 Å². The van der Waals surface area contributed by atoms with Crippen LogP contribution in [0.4, 0.5) is 0 Å². The Hall–Kier alpha value is -3.45. The summed E-state index contributed by atoms with van der Waals surface area (Å²) in [6, 6.07) is 16.5. The van der Waals surface area contributed by atoms with Gasteiger partial charge in [0.1, 0.15) is 11.4 Å². The lowest BCUT2D eigenvalue weighted by Gasteiger charge is -2.28. The highest BCUT2D eigenvalue weighted by Gasteiger charge is 2.31. The highest BCUT2D eigenvalue weighted by molar-refractivity contribution is 7.89. The molecule has 11 nitrogen and oxygen atoms in total. The molecule has 0 aliphatic carbocycles. The highest BCUT2D eigenvalue weighted by atomic mass is 32.2. The number of carbonyl (C=O) groups excluding carboxylic acids is 1. The first-order chi connectivity index (χ1) is 20.2. The minimum Gasteiger partial charge on any atom is -0.493 e. The van der Waals surface area contributed by atoms with E-state index < -0.39 is 15.7 Å². The number of nitrogens with one attached hydrogen (secondary N) is 2. The standard InChI is InChI=1S/C30H41N5O6S/c1-23(2)22-42(38,39)32-15-18-34-28(29(36)33-16-13-31-14-17-33)27(24-9-5-4-6-10-24)35(30(34)37)25-11-7-12-26(21-25)41-20-8-19-40-3/h4-7,9-12,21,23,31-32H,8,13-20,22H2,1-3H3. The van der Waals surface area contributed by atoms with Crippen LogP contribution in [0.15, 0.2) is 59.4 Å². The fraction of sp³-hybridized carbons (Fsp3) is 0.467. The fourth-order valence-corrected chi connectivity index (χ4v) is 6.40. The molecule has 0 saturated carbocycles. The van der Waals surface area contributed by atoms with E-state index in [4.69, 9.17) is 9.47 Å². The largest absolute Gasteiger partial charge is 0.493 e. The Morgan fingerprint density at radius 3 is 2.48 bits per heavy atom. The van der Waals surface area contributed by atoms with Gasteiger partial charge in [-0.2, -0.15) is 0 Å². The maximum Gasteiger partial charge on any atom is 0.333 e. The maximum absolute atomic E-state index is 14.2. The summed E-state index contributed by atoms with van der Waals surface area (Å²) in [5, 5.41) is 3.26. The summed E-state index contributed by atoms with van der Waals surface area (Å²) in [7, 11) is -1.91. The Balaban J connectivity index is 1.83. The topological polar surface area (TPSA) is 124 Å². The molecule has 2 heterocycles. The van der Waals surface area contributed by atoms with Crippen LogP contribution >= 0.6 is 0 Å². The van der Waals surface area contributed by atoms with Gasteiger partial charge in [0.15, 0.2) is 0 Å². The zero-order valence-corrected chi connectivity index (χ0v) is 25.4. The van der Waals surface area contributed by atoms with Gasteiger partial charge in [-0.05, 0) is 18.1 Å². The van der Waals surface area contributed by atoms with E-state index in [9.17, 15) is 18.0 Å². The summed E-state index contributed by atoms with van der Waals surface area (Å²) >= 11 is 0. The van der Waals surface area contributed by atoms with Gasteiger partial charge in [-0.25, -0.2) is 17.9 Å². The summed E-state index contributed by atoms with van der Waals surface area (Å²) in [6.45, 7) is 6.92. The molecule has 0 atom stereocenters. The molecule has 2 aromatic carbocycles.